The van der Waals surface area contributed by atoms with Gasteiger partial charge in [0.05, 0.1) is 4.90 Å². The van der Waals surface area contributed by atoms with Crippen molar-refractivity contribution >= 4 is 26.0 Å². The first-order valence-electron chi connectivity index (χ1n) is 4.42. The molecule has 0 bridgehead atoms. The van der Waals surface area contributed by atoms with E-state index in [2.05, 4.69) is 20.7 Å². The Morgan fingerprint density at radius 2 is 2.13 bits per heavy atom. The van der Waals surface area contributed by atoms with E-state index in [1.807, 2.05) is 6.92 Å². The Morgan fingerprint density at radius 3 is 2.73 bits per heavy atom. The van der Waals surface area contributed by atoms with Crippen molar-refractivity contribution in [3.8, 4) is 0 Å². The molecule has 0 saturated carbocycles. The van der Waals surface area contributed by atoms with Gasteiger partial charge >= 0.3 is 0 Å². The van der Waals surface area contributed by atoms with Crippen LogP contribution in [0.1, 0.15) is 13.3 Å². The molecule has 0 aliphatic rings. The maximum Gasteiger partial charge on any atom is 0.241 e. The van der Waals surface area contributed by atoms with Crippen molar-refractivity contribution in [1.29, 1.82) is 0 Å². The van der Waals surface area contributed by atoms with Crippen molar-refractivity contribution in [1.82, 2.24) is 4.72 Å². The first kappa shape index (κ1) is 12.6. The van der Waals surface area contributed by atoms with Crippen molar-refractivity contribution in [3.05, 3.63) is 28.5 Å². The highest BCUT2D eigenvalue weighted by Gasteiger charge is 2.17. The third-order valence-electron chi connectivity index (χ3n) is 1.72. The lowest BCUT2D eigenvalue weighted by Gasteiger charge is -2.07. The quantitative estimate of drug-likeness (QED) is 0.926. The molecule has 1 aromatic carbocycles. The van der Waals surface area contributed by atoms with E-state index in [0.29, 0.717) is 17.4 Å². The average Bonchev–Trinajstić information content (AvgIpc) is 2.18. The zero-order valence-corrected chi connectivity index (χ0v) is 10.5. The lowest BCUT2D eigenvalue weighted by molar-refractivity contribution is 0.576. The predicted molar refractivity (Wildman–Crippen MR) is 59.6 cm³/mol. The fourth-order valence-corrected chi connectivity index (χ4v) is 3.10. The molecule has 1 aromatic rings. The van der Waals surface area contributed by atoms with Crippen LogP contribution in [-0.4, -0.2) is 15.0 Å². The van der Waals surface area contributed by atoms with Gasteiger partial charge in [0.2, 0.25) is 10.0 Å². The fourth-order valence-electron chi connectivity index (χ4n) is 0.997. The van der Waals surface area contributed by atoms with E-state index >= 15 is 0 Å². The van der Waals surface area contributed by atoms with Crippen LogP contribution in [0.4, 0.5) is 4.39 Å². The highest BCUT2D eigenvalue weighted by atomic mass is 79.9. The van der Waals surface area contributed by atoms with Crippen molar-refractivity contribution in [2.45, 2.75) is 18.2 Å². The summed E-state index contributed by atoms with van der Waals surface area (Å²) >= 11 is 3.07. The van der Waals surface area contributed by atoms with Crippen molar-refractivity contribution in [2.75, 3.05) is 6.54 Å². The zero-order valence-electron chi connectivity index (χ0n) is 8.13. The molecule has 0 radical (unpaired) electrons. The minimum absolute atomic E-state index is 0.0732. The Balaban J connectivity index is 3.09. The predicted octanol–water partition coefficient (Wildman–Crippen LogP) is 2.28. The fraction of sp³-hybridized carbons (Fsp3) is 0.333. The Morgan fingerprint density at radius 1 is 1.47 bits per heavy atom. The SMILES string of the molecule is CCCNS(=O)(=O)c1cc(F)ccc1Br. The third-order valence-corrected chi connectivity index (χ3v) is 4.18. The molecule has 3 nitrogen and oxygen atoms in total. The summed E-state index contributed by atoms with van der Waals surface area (Å²) in [5, 5.41) is 0. The molecule has 1 rings (SSSR count). The van der Waals surface area contributed by atoms with E-state index in [-0.39, 0.29) is 4.90 Å². The topological polar surface area (TPSA) is 46.2 Å². The van der Waals surface area contributed by atoms with Crippen LogP contribution < -0.4 is 4.72 Å². The van der Waals surface area contributed by atoms with Crippen molar-refractivity contribution in [3.63, 3.8) is 0 Å². The molecular formula is C9H11BrFNO2S. The maximum atomic E-state index is 12.9. The largest absolute Gasteiger partial charge is 0.241 e. The third kappa shape index (κ3) is 3.25. The summed E-state index contributed by atoms with van der Waals surface area (Å²) < 4.78 is 38.9. The summed E-state index contributed by atoms with van der Waals surface area (Å²) in [7, 11) is -3.61. The van der Waals surface area contributed by atoms with Crippen LogP contribution in [0.25, 0.3) is 0 Å². The molecule has 0 aromatic heterocycles. The molecule has 15 heavy (non-hydrogen) atoms. The standard InChI is InChI=1S/C9H11BrFNO2S/c1-2-5-12-15(13,14)9-6-7(11)3-4-8(9)10/h3-4,6,12H,2,5H2,1H3. The molecule has 0 aliphatic carbocycles. The van der Waals surface area contributed by atoms with Crippen LogP contribution in [0.3, 0.4) is 0 Å². The van der Waals surface area contributed by atoms with Crippen LogP contribution in [0.5, 0.6) is 0 Å². The first-order chi connectivity index (χ1) is 6.97. The second kappa shape index (κ2) is 5.05. The van der Waals surface area contributed by atoms with Crippen LogP contribution in [0, 0.1) is 5.82 Å². The summed E-state index contributed by atoms with van der Waals surface area (Å²) in [5.74, 6) is -0.574. The van der Waals surface area contributed by atoms with E-state index in [4.69, 9.17) is 0 Å². The number of sulfonamides is 1. The second-order valence-electron chi connectivity index (χ2n) is 2.97. The van der Waals surface area contributed by atoms with Crippen molar-refractivity contribution < 1.29 is 12.8 Å². The monoisotopic (exact) mass is 295 g/mol. The number of hydrogen-bond acceptors (Lipinski definition) is 2. The molecule has 0 saturated heterocycles. The molecule has 0 fully saturated rings. The highest BCUT2D eigenvalue weighted by molar-refractivity contribution is 9.10. The lowest BCUT2D eigenvalue weighted by atomic mass is 10.3. The maximum absolute atomic E-state index is 12.9. The van der Waals surface area contributed by atoms with Crippen LogP contribution in [0.15, 0.2) is 27.6 Å². The number of hydrogen-bond donors (Lipinski definition) is 1. The van der Waals surface area contributed by atoms with Crippen LogP contribution in [0.2, 0.25) is 0 Å². The Hall–Kier alpha value is -0.460. The molecule has 0 spiro atoms. The number of nitrogens with one attached hydrogen (secondary N) is 1. The van der Waals surface area contributed by atoms with Gasteiger partial charge in [-0.1, -0.05) is 6.92 Å². The smallest absolute Gasteiger partial charge is 0.211 e. The van der Waals surface area contributed by atoms with E-state index in [1.165, 1.54) is 12.1 Å². The summed E-state index contributed by atoms with van der Waals surface area (Å²) in [6.45, 7) is 2.19. The minimum Gasteiger partial charge on any atom is -0.211 e. The van der Waals surface area contributed by atoms with Gasteiger partial charge in [-0.2, -0.15) is 0 Å². The molecule has 0 unspecified atom stereocenters. The van der Waals surface area contributed by atoms with E-state index in [9.17, 15) is 12.8 Å². The molecule has 0 aliphatic heterocycles. The average molecular weight is 296 g/mol. The van der Waals surface area contributed by atoms with Gasteiger partial charge < -0.3 is 0 Å². The number of benzene rings is 1. The van der Waals surface area contributed by atoms with Gasteiger partial charge in [0, 0.05) is 11.0 Å². The molecule has 1 N–H and O–H groups in total. The number of rotatable bonds is 4. The molecule has 0 atom stereocenters. The molecule has 84 valence electrons. The Kier molecular flexibility index (Phi) is 4.24. The number of halogens is 2. The van der Waals surface area contributed by atoms with Gasteiger partial charge in [-0.05, 0) is 40.5 Å². The van der Waals surface area contributed by atoms with Crippen molar-refractivity contribution in [2.24, 2.45) is 0 Å². The Labute approximate surface area is 96.9 Å². The summed E-state index contributed by atoms with van der Waals surface area (Å²) in [6.07, 6.45) is 0.687. The van der Waals surface area contributed by atoms with E-state index in [1.54, 1.807) is 0 Å². The summed E-state index contributed by atoms with van der Waals surface area (Å²) in [4.78, 5) is -0.0732. The minimum atomic E-state index is -3.61. The van der Waals surface area contributed by atoms with Gasteiger partial charge in [-0.25, -0.2) is 17.5 Å². The van der Waals surface area contributed by atoms with E-state index < -0.39 is 15.8 Å². The van der Waals surface area contributed by atoms with Crippen LogP contribution >= 0.6 is 15.9 Å². The summed E-state index contributed by atoms with van der Waals surface area (Å²) in [6, 6.07) is 3.56. The normalized spacial score (nSPS) is 11.7. The van der Waals surface area contributed by atoms with E-state index in [0.717, 1.165) is 6.07 Å². The zero-order chi connectivity index (χ0) is 11.5. The van der Waals surface area contributed by atoms with Gasteiger partial charge in [0.1, 0.15) is 5.82 Å². The molecular weight excluding hydrogens is 285 g/mol. The second-order valence-corrected chi connectivity index (χ2v) is 5.56. The van der Waals surface area contributed by atoms with Gasteiger partial charge in [-0.15, -0.1) is 0 Å². The molecule has 6 heteroatoms. The first-order valence-corrected chi connectivity index (χ1v) is 6.69. The molecule has 0 heterocycles. The summed E-state index contributed by atoms with van der Waals surface area (Å²) in [5.41, 5.74) is 0. The highest BCUT2D eigenvalue weighted by Crippen LogP contribution is 2.22. The van der Waals surface area contributed by atoms with Gasteiger partial charge in [0.15, 0.2) is 0 Å². The Bertz CT molecular complexity index is 447. The van der Waals surface area contributed by atoms with Gasteiger partial charge in [-0.3, -0.25) is 0 Å². The lowest BCUT2D eigenvalue weighted by Crippen LogP contribution is -2.24. The van der Waals surface area contributed by atoms with Crippen LogP contribution in [-0.2, 0) is 10.0 Å². The van der Waals surface area contributed by atoms with Gasteiger partial charge in [0.25, 0.3) is 0 Å². The molecule has 0 amide bonds.